The van der Waals surface area contributed by atoms with Gasteiger partial charge in [-0.05, 0) is 12.0 Å². The smallest absolute Gasteiger partial charge is 0.317 e. The van der Waals surface area contributed by atoms with Crippen molar-refractivity contribution in [2.45, 2.75) is 12.5 Å². The highest BCUT2D eigenvalue weighted by molar-refractivity contribution is 5.76. The minimum absolute atomic E-state index is 0.0333. The average Bonchev–Trinajstić information content (AvgIpc) is 2.47. The molecule has 0 spiro atoms. The molecule has 1 aliphatic heterocycles. The largest absolute Gasteiger partial charge is 0.333 e. The molecule has 0 bridgehead atoms. The van der Waals surface area contributed by atoms with E-state index in [1.807, 2.05) is 25.2 Å². The Bertz CT molecular complexity index is 323. The number of hydrogen-bond donors (Lipinski definition) is 1. The predicted molar refractivity (Wildman–Crippen MR) is 55.1 cm³/mol. The molecule has 3 heteroatoms. The van der Waals surface area contributed by atoms with Crippen molar-refractivity contribution < 1.29 is 4.79 Å². The summed E-state index contributed by atoms with van der Waals surface area (Å²) in [5.41, 5.74) is 1.27. The Kier molecular flexibility index (Phi) is 2.39. The Morgan fingerprint density at radius 1 is 1.43 bits per heavy atom. The summed E-state index contributed by atoms with van der Waals surface area (Å²) in [4.78, 5) is 12.9. The summed E-state index contributed by atoms with van der Waals surface area (Å²) in [5.74, 6) is 0. The average molecular weight is 190 g/mol. The van der Waals surface area contributed by atoms with E-state index in [0.29, 0.717) is 0 Å². The first kappa shape index (κ1) is 9.06. The van der Waals surface area contributed by atoms with Crippen LogP contribution in [0, 0.1) is 0 Å². The van der Waals surface area contributed by atoms with E-state index >= 15 is 0 Å². The second kappa shape index (κ2) is 3.70. The molecule has 1 aliphatic rings. The van der Waals surface area contributed by atoms with E-state index in [1.165, 1.54) is 5.56 Å². The fourth-order valence-electron chi connectivity index (χ4n) is 1.76. The molecule has 1 atom stereocenters. The number of likely N-dealkylation sites (N-methyl/N-ethyl adjacent to an activating group) is 1. The van der Waals surface area contributed by atoms with Gasteiger partial charge in [-0.15, -0.1) is 0 Å². The zero-order valence-electron chi connectivity index (χ0n) is 8.23. The van der Waals surface area contributed by atoms with Crippen LogP contribution in [0.5, 0.6) is 0 Å². The molecule has 2 amide bonds. The topological polar surface area (TPSA) is 32.3 Å². The second-order valence-electron chi connectivity index (χ2n) is 3.72. The van der Waals surface area contributed by atoms with Crippen molar-refractivity contribution in [1.29, 1.82) is 0 Å². The van der Waals surface area contributed by atoms with Crippen LogP contribution in [0.2, 0.25) is 0 Å². The van der Waals surface area contributed by atoms with Crippen LogP contribution in [-0.2, 0) is 6.42 Å². The number of amides is 2. The third kappa shape index (κ3) is 1.87. The van der Waals surface area contributed by atoms with E-state index in [1.54, 1.807) is 4.90 Å². The van der Waals surface area contributed by atoms with Crippen molar-refractivity contribution in [3.05, 3.63) is 35.9 Å². The molecule has 0 unspecified atom stereocenters. The maximum Gasteiger partial charge on any atom is 0.317 e. The van der Waals surface area contributed by atoms with Crippen LogP contribution in [0.1, 0.15) is 5.56 Å². The molecule has 14 heavy (non-hydrogen) atoms. The van der Waals surface area contributed by atoms with Gasteiger partial charge in [0, 0.05) is 13.6 Å². The van der Waals surface area contributed by atoms with Crippen molar-refractivity contribution in [2.75, 3.05) is 13.6 Å². The summed E-state index contributed by atoms with van der Waals surface area (Å²) in [6.45, 7) is 0.799. The van der Waals surface area contributed by atoms with Crippen LogP contribution in [0.15, 0.2) is 30.3 Å². The van der Waals surface area contributed by atoms with Crippen LogP contribution in [0.25, 0.3) is 0 Å². The van der Waals surface area contributed by atoms with Gasteiger partial charge in [-0.2, -0.15) is 0 Å². The lowest BCUT2D eigenvalue weighted by Gasteiger charge is -2.08. The molecule has 0 saturated carbocycles. The first-order chi connectivity index (χ1) is 6.75. The molecular formula is C11H14N2O. The van der Waals surface area contributed by atoms with E-state index in [-0.39, 0.29) is 12.1 Å². The highest BCUT2D eigenvalue weighted by Crippen LogP contribution is 2.08. The first-order valence-corrected chi connectivity index (χ1v) is 4.81. The lowest BCUT2D eigenvalue weighted by atomic mass is 10.1. The van der Waals surface area contributed by atoms with Gasteiger partial charge in [0.05, 0.1) is 6.04 Å². The Hall–Kier alpha value is -1.51. The minimum atomic E-state index is 0.0333. The minimum Gasteiger partial charge on any atom is -0.333 e. The van der Waals surface area contributed by atoms with Crippen LogP contribution >= 0.6 is 0 Å². The van der Waals surface area contributed by atoms with Crippen molar-refractivity contribution in [1.82, 2.24) is 10.2 Å². The molecule has 0 aliphatic carbocycles. The van der Waals surface area contributed by atoms with Crippen molar-refractivity contribution >= 4 is 6.03 Å². The van der Waals surface area contributed by atoms with Crippen LogP contribution < -0.4 is 5.32 Å². The standard InChI is InChI=1S/C11H14N2O/c1-13-8-10(12-11(13)14)7-9-5-3-2-4-6-9/h2-6,10H,7-8H2,1H3,(H,12,14)/t10-/m1/s1. The predicted octanol–water partition coefficient (Wildman–Crippen LogP) is 1.25. The number of hydrogen-bond acceptors (Lipinski definition) is 1. The van der Waals surface area contributed by atoms with Gasteiger partial charge in [-0.3, -0.25) is 0 Å². The van der Waals surface area contributed by atoms with E-state index in [2.05, 4.69) is 17.4 Å². The fraction of sp³-hybridized carbons (Fsp3) is 0.364. The summed E-state index contributed by atoms with van der Waals surface area (Å²) >= 11 is 0. The molecule has 1 heterocycles. The number of benzene rings is 1. The van der Waals surface area contributed by atoms with Crippen LogP contribution in [0.3, 0.4) is 0 Å². The van der Waals surface area contributed by atoms with Crippen molar-refractivity contribution in [2.24, 2.45) is 0 Å². The van der Waals surface area contributed by atoms with Gasteiger partial charge in [0.1, 0.15) is 0 Å². The molecule has 1 N–H and O–H groups in total. The fourth-order valence-corrected chi connectivity index (χ4v) is 1.76. The molecule has 3 nitrogen and oxygen atoms in total. The Labute approximate surface area is 83.7 Å². The molecular weight excluding hydrogens is 176 g/mol. The summed E-state index contributed by atoms with van der Waals surface area (Å²) in [5, 5.41) is 2.94. The van der Waals surface area contributed by atoms with E-state index in [0.717, 1.165) is 13.0 Å². The Balaban J connectivity index is 1.97. The van der Waals surface area contributed by atoms with Gasteiger partial charge < -0.3 is 10.2 Å². The highest BCUT2D eigenvalue weighted by Gasteiger charge is 2.25. The summed E-state index contributed by atoms with van der Waals surface area (Å²) in [6.07, 6.45) is 0.914. The quantitative estimate of drug-likeness (QED) is 0.748. The SMILES string of the molecule is CN1C[C@@H](Cc2ccccc2)NC1=O. The zero-order valence-corrected chi connectivity index (χ0v) is 8.23. The van der Waals surface area contributed by atoms with E-state index in [4.69, 9.17) is 0 Å². The molecule has 1 saturated heterocycles. The van der Waals surface area contributed by atoms with E-state index in [9.17, 15) is 4.79 Å². The molecule has 1 aromatic carbocycles. The summed E-state index contributed by atoms with van der Waals surface area (Å²) in [7, 11) is 1.82. The first-order valence-electron chi connectivity index (χ1n) is 4.81. The maximum atomic E-state index is 11.2. The molecule has 0 radical (unpaired) electrons. The van der Waals surface area contributed by atoms with E-state index < -0.39 is 0 Å². The number of nitrogens with one attached hydrogen (secondary N) is 1. The third-order valence-electron chi connectivity index (χ3n) is 2.49. The molecule has 0 aromatic heterocycles. The Morgan fingerprint density at radius 2 is 2.14 bits per heavy atom. The van der Waals surface area contributed by atoms with Gasteiger partial charge in [0.15, 0.2) is 0 Å². The van der Waals surface area contributed by atoms with Gasteiger partial charge in [-0.1, -0.05) is 30.3 Å². The normalized spacial score (nSPS) is 21.1. The third-order valence-corrected chi connectivity index (χ3v) is 2.49. The lowest BCUT2D eigenvalue weighted by Crippen LogP contribution is -2.28. The number of nitrogens with zero attached hydrogens (tertiary/aromatic N) is 1. The molecule has 1 fully saturated rings. The van der Waals surface area contributed by atoms with Crippen molar-refractivity contribution in [3.8, 4) is 0 Å². The monoisotopic (exact) mass is 190 g/mol. The number of urea groups is 1. The maximum absolute atomic E-state index is 11.2. The molecule has 2 rings (SSSR count). The van der Waals surface area contributed by atoms with Gasteiger partial charge in [-0.25, -0.2) is 4.79 Å². The van der Waals surface area contributed by atoms with Crippen LogP contribution in [0.4, 0.5) is 4.79 Å². The second-order valence-corrected chi connectivity index (χ2v) is 3.72. The zero-order chi connectivity index (χ0) is 9.97. The van der Waals surface area contributed by atoms with Gasteiger partial charge in [0.25, 0.3) is 0 Å². The van der Waals surface area contributed by atoms with Crippen molar-refractivity contribution in [3.63, 3.8) is 0 Å². The summed E-state index contributed by atoms with van der Waals surface area (Å²) in [6, 6.07) is 10.5. The summed E-state index contributed by atoms with van der Waals surface area (Å²) < 4.78 is 0. The van der Waals surface area contributed by atoms with Gasteiger partial charge >= 0.3 is 6.03 Å². The highest BCUT2D eigenvalue weighted by atomic mass is 16.2. The molecule has 1 aromatic rings. The molecule has 74 valence electrons. The number of rotatable bonds is 2. The number of carbonyl (C=O) groups is 1. The van der Waals surface area contributed by atoms with Gasteiger partial charge in [0.2, 0.25) is 0 Å². The number of carbonyl (C=O) groups excluding carboxylic acids is 1. The lowest BCUT2D eigenvalue weighted by molar-refractivity contribution is 0.226. The van der Waals surface area contributed by atoms with Crippen LogP contribution in [-0.4, -0.2) is 30.6 Å². The Morgan fingerprint density at radius 3 is 2.71 bits per heavy atom.